The molecule has 0 saturated heterocycles. The van der Waals surface area contributed by atoms with Gasteiger partial charge in [0, 0.05) is 7.05 Å². The molecule has 0 aliphatic carbocycles. The van der Waals surface area contributed by atoms with Crippen molar-refractivity contribution in [2.45, 2.75) is 25.7 Å². The van der Waals surface area contributed by atoms with Crippen molar-refractivity contribution in [3.63, 3.8) is 0 Å². The van der Waals surface area contributed by atoms with E-state index in [1.807, 2.05) is 32.4 Å². The maximum atomic E-state index is 12.5. The maximum absolute atomic E-state index is 12.5. The van der Waals surface area contributed by atoms with E-state index in [9.17, 15) is 8.42 Å². The number of hydrogen-bond donors (Lipinski definition) is 0. The summed E-state index contributed by atoms with van der Waals surface area (Å²) in [5.41, 5.74) is 4.32. The molecule has 1 aromatic heterocycles. The molecule has 0 unspecified atom stereocenters. The molecule has 4 nitrogen and oxygen atoms in total. The molecule has 120 valence electrons. The summed E-state index contributed by atoms with van der Waals surface area (Å²) in [7, 11) is -1.86. The number of sulfonamides is 1. The summed E-state index contributed by atoms with van der Waals surface area (Å²) >= 11 is 1.39. The third-order valence-corrected chi connectivity index (χ3v) is 6.23. The van der Waals surface area contributed by atoms with Crippen LogP contribution in [0.2, 0.25) is 0 Å². The monoisotopic (exact) mass is 346 g/mol. The summed E-state index contributed by atoms with van der Waals surface area (Å²) in [6.45, 7) is 5.98. The Kier molecular flexibility index (Phi) is 3.90. The smallest absolute Gasteiger partial charge is 0.285 e. The second kappa shape index (κ2) is 5.62. The molecule has 0 radical (unpaired) electrons. The average molecular weight is 346 g/mol. The molecule has 1 heterocycles. The molecule has 0 atom stereocenters. The SMILES string of the molecule is Cc1ccc(S(=O)(=O)/N=c2\sc3cc(C)cc(C)c3n2C)cc1. The first kappa shape index (κ1) is 16.0. The Morgan fingerprint density at radius 3 is 2.30 bits per heavy atom. The van der Waals surface area contributed by atoms with Crippen LogP contribution >= 0.6 is 11.3 Å². The summed E-state index contributed by atoms with van der Waals surface area (Å²) in [5.74, 6) is 0. The third kappa shape index (κ3) is 2.96. The number of aromatic nitrogens is 1. The van der Waals surface area contributed by atoms with Crippen molar-refractivity contribution in [1.82, 2.24) is 4.57 Å². The largest absolute Gasteiger partial charge is 0.319 e. The van der Waals surface area contributed by atoms with Crippen molar-refractivity contribution in [2.24, 2.45) is 11.4 Å². The Labute approximate surface area is 139 Å². The lowest BCUT2D eigenvalue weighted by Crippen LogP contribution is -2.14. The van der Waals surface area contributed by atoms with Gasteiger partial charge in [0.1, 0.15) is 0 Å². The van der Waals surface area contributed by atoms with Gasteiger partial charge in [0.15, 0.2) is 0 Å². The highest BCUT2D eigenvalue weighted by Crippen LogP contribution is 2.23. The maximum Gasteiger partial charge on any atom is 0.285 e. The van der Waals surface area contributed by atoms with Crippen LogP contribution in [0.3, 0.4) is 0 Å². The lowest BCUT2D eigenvalue weighted by molar-refractivity contribution is 0.596. The zero-order valence-corrected chi connectivity index (χ0v) is 15.1. The van der Waals surface area contributed by atoms with Crippen LogP contribution in [0.1, 0.15) is 16.7 Å². The Hall–Kier alpha value is -1.92. The average Bonchev–Trinajstić information content (AvgIpc) is 2.75. The molecule has 0 spiro atoms. The summed E-state index contributed by atoms with van der Waals surface area (Å²) in [6.07, 6.45) is 0. The Morgan fingerprint density at radius 1 is 1.00 bits per heavy atom. The molecule has 0 fully saturated rings. The highest BCUT2D eigenvalue weighted by Gasteiger charge is 2.14. The van der Waals surface area contributed by atoms with Crippen LogP contribution in [0.5, 0.6) is 0 Å². The van der Waals surface area contributed by atoms with Crippen LogP contribution in [0.25, 0.3) is 10.2 Å². The van der Waals surface area contributed by atoms with Crippen molar-refractivity contribution in [2.75, 3.05) is 0 Å². The van der Waals surface area contributed by atoms with E-state index in [-0.39, 0.29) is 4.90 Å². The van der Waals surface area contributed by atoms with E-state index in [0.29, 0.717) is 4.80 Å². The molecule has 0 aliphatic rings. The van der Waals surface area contributed by atoms with E-state index >= 15 is 0 Å². The van der Waals surface area contributed by atoms with Crippen molar-refractivity contribution < 1.29 is 8.42 Å². The number of nitrogens with zero attached hydrogens (tertiary/aromatic N) is 2. The highest BCUT2D eigenvalue weighted by molar-refractivity contribution is 7.90. The van der Waals surface area contributed by atoms with Gasteiger partial charge in [-0.2, -0.15) is 8.42 Å². The van der Waals surface area contributed by atoms with E-state index in [2.05, 4.69) is 16.5 Å². The molecule has 0 aliphatic heterocycles. The van der Waals surface area contributed by atoms with Gasteiger partial charge in [-0.15, -0.1) is 4.40 Å². The molecule has 23 heavy (non-hydrogen) atoms. The van der Waals surface area contributed by atoms with Crippen LogP contribution in [-0.2, 0) is 17.1 Å². The van der Waals surface area contributed by atoms with Gasteiger partial charge in [0.25, 0.3) is 10.0 Å². The van der Waals surface area contributed by atoms with E-state index < -0.39 is 10.0 Å². The minimum atomic E-state index is -3.71. The van der Waals surface area contributed by atoms with Gasteiger partial charge in [0.05, 0.1) is 15.1 Å². The Bertz CT molecular complexity index is 1060. The van der Waals surface area contributed by atoms with Gasteiger partial charge >= 0.3 is 0 Å². The molecule has 0 bridgehead atoms. The van der Waals surface area contributed by atoms with Crippen LogP contribution in [0.4, 0.5) is 0 Å². The molecular weight excluding hydrogens is 328 g/mol. The van der Waals surface area contributed by atoms with E-state index in [1.54, 1.807) is 24.3 Å². The summed E-state index contributed by atoms with van der Waals surface area (Å²) in [6, 6.07) is 10.9. The molecule has 3 rings (SSSR count). The predicted octanol–water partition coefficient (Wildman–Crippen LogP) is 3.45. The van der Waals surface area contributed by atoms with Gasteiger partial charge in [-0.1, -0.05) is 35.1 Å². The van der Waals surface area contributed by atoms with Gasteiger partial charge in [-0.25, -0.2) is 0 Å². The first-order valence-corrected chi connectivity index (χ1v) is 9.48. The lowest BCUT2D eigenvalue weighted by atomic mass is 10.1. The van der Waals surface area contributed by atoms with E-state index in [4.69, 9.17) is 0 Å². The standard InChI is InChI=1S/C17H18N2O2S2/c1-11-5-7-14(8-6-11)23(20,21)18-17-19(4)16-13(3)9-12(2)10-15(16)22-17/h5-10H,1-4H3/b18-17-. The number of thiazole rings is 1. The van der Waals surface area contributed by atoms with Gasteiger partial charge < -0.3 is 4.57 Å². The summed E-state index contributed by atoms with van der Waals surface area (Å²) in [4.78, 5) is 0.697. The molecule has 0 saturated carbocycles. The molecule has 0 N–H and O–H groups in total. The van der Waals surface area contributed by atoms with Crippen LogP contribution < -0.4 is 4.80 Å². The van der Waals surface area contributed by atoms with Crippen LogP contribution in [0.15, 0.2) is 45.7 Å². The molecular formula is C17H18N2O2S2. The fourth-order valence-electron chi connectivity index (χ4n) is 2.64. The minimum absolute atomic E-state index is 0.216. The van der Waals surface area contributed by atoms with E-state index in [1.165, 1.54) is 11.3 Å². The number of rotatable bonds is 2. The van der Waals surface area contributed by atoms with Crippen LogP contribution in [0, 0.1) is 20.8 Å². The second-order valence-electron chi connectivity index (χ2n) is 5.75. The molecule has 3 aromatic rings. The Balaban J connectivity index is 2.23. The first-order valence-electron chi connectivity index (χ1n) is 7.22. The molecule has 6 heteroatoms. The normalized spacial score (nSPS) is 13.0. The summed E-state index contributed by atoms with van der Waals surface area (Å²) in [5, 5.41) is 0. The quantitative estimate of drug-likeness (QED) is 0.713. The fraction of sp³-hybridized carbons (Fsp3) is 0.235. The van der Waals surface area contributed by atoms with Crippen molar-refractivity contribution in [1.29, 1.82) is 0 Å². The Morgan fingerprint density at radius 2 is 1.65 bits per heavy atom. The lowest BCUT2D eigenvalue weighted by Gasteiger charge is -2.02. The zero-order valence-electron chi connectivity index (χ0n) is 13.5. The predicted molar refractivity (Wildman–Crippen MR) is 94.2 cm³/mol. The highest BCUT2D eigenvalue weighted by atomic mass is 32.2. The number of aryl methyl sites for hydroxylation is 4. The minimum Gasteiger partial charge on any atom is -0.319 e. The number of fused-ring (bicyclic) bond motifs is 1. The van der Waals surface area contributed by atoms with Gasteiger partial charge in [0.2, 0.25) is 4.80 Å². The van der Waals surface area contributed by atoms with Crippen molar-refractivity contribution in [3.05, 3.63) is 57.9 Å². The van der Waals surface area contributed by atoms with Crippen molar-refractivity contribution in [3.8, 4) is 0 Å². The number of hydrogen-bond acceptors (Lipinski definition) is 3. The topological polar surface area (TPSA) is 51.4 Å². The molecule has 0 amide bonds. The third-order valence-electron chi connectivity index (χ3n) is 3.75. The fourth-order valence-corrected chi connectivity index (χ4v) is 5.06. The van der Waals surface area contributed by atoms with Crippen LogP contribution in [-0.4, -0.2) is 13.0 Å². The summed E-state index contributed by atoms with van der Waals surface area (Å²) < 4.78 is 32.0. The zero-order chi connectivity index (χ0) is 16.8. The van der Waals surface area contributed by atoms with Gasteiger partial charge in [-0.05, 0) is 50.1 Å². The van der Waals surface area contributed by atoms with E-state index in [0.717, 1.165) is 26.9 Å². The van der Waals surface area contributed by atoms with Crippen molar-refractivity contribution >= 4 is 31.6 Å². The molecule has 2 aromatic carbocycles. The van der Waals surface area contributed by atoms with Gasteiger partial charge in [-0.3, -0.25) is 0 Å². The second-order valence-corrected chi connectivity index (χ2v) is 8.36. The first-order chi connectivity index (χ1) is 10.8. The number of benzene rings is 2.